The van der Waals surface area contributed by atoms with Gasteiger partial charge in [-0.05, 0) is 19.1 Å². The first-order chi connectivity index (χ1) is 11.0. The number of guanidine groups is 1. The van der Waals surface area contributed by atoms with Crippen LogP contribution in [0.1, 0.15) is 11.3 Å². The second-order valence-electron chi connectivity index (χ2n) is 4.87. The fraction of sp³-hybridized carbons (Fsp3) is 0.200. The summed E-state index contributed by atoms with van der Waals surface area (Å²) in [7, 11) is 1.27. The highest BCUT2D eigenvalue weighted by Gasteiger charge is 2.10. The number of carbonyl (C=O) groups excluding carboxylic acids is 1. The fourth-order valence-corrected chi connectivity index (χ4v) is 1.83. The van der Waals surface area contributed by atoms with Crippen LogP contribution in [0.3, 0.4) is 0 Å². The van der Waals surface area contributed by atoms with Crippen molar-refractivity contribution in [2.75, 3.05) is 12.4 Å². The van der Waals surface area contributed by atoms with Crippen molar-refractivity contribution in [3.8, 4) is 0 Å². The third-order valence-electron chi connectivity index (χ3n) is 2.93. The molecule has 0 aliphatic rings. The van der Waals surface area contributed by atoms with E-state index in [1.165, 1.54) is 13.2 Å². The third kappa shape index (κ3) is 4.95. The molecule has 1 heterocycles. The van der Waals surface area contributed by atoms with E-state index in [0.29, 0.717) is 0 Å². The molecule has 0 aliphatic carbocycles. The normalized spacial score (nSPS) is 11.1. The number of anilines is 1. The average molecular weight is 316 g/mol. The molecule has 1 aromatic heterocycles. The number of nitrogens with zero attached hydrogens (tertiary/aromatic N) is 1. The van der Waals surface area contributed by atoms with Gasteiger partial charge in [0.05, 0.1) is 19.2 Å². The standard InChI is InChI=1S/C15H17N5O3/c1-9-3-5-10(6-4-9)17-14(16)20-15-18-11(7-12(21)19-15)8-13(22)23-2/h3-7H,8H2,1-2H3,(H4,16,17,18,19,20,21)/p+1. The number of aromatic nitrogens is 2. The van der Waals surface area contributed by atoms with Crippen molar-refractivity contribution >= 4 is 23.6 Å². The molecular weight excluding hydrogens is 298 g/mol. The zero-order valence-electron chi connectivity index (χ0n) is 12.8. The number of rotatable bonds is 4. The fourth-order valence-electron chi connectivity index (χ4n) is 1.83. The number of nitrogens with two attached hydrogens (primary N) is 1. The number of aromatic amines is 1. The maximum Gasteiger partial charge on any atom is 0.325 e. The van der Waals surface area contributed by atoms with Crippen LogP contribution in [0.5, 0.6) is 0 Å². The zero-order chi connectivity index (χ0) is 16.8. The van der Waals surface area contributed by atoms with Gasteiger partial charge in [0.15, 0.2) is 0 Å². The SMILES string of the molecule is COC(=O)Cc1cc(=O)[nH]c([NH+]=C(N)Nc2ccc(C)cc2)n1. The van der Waals surface area contributed by atoms with Gasteiger partial charge in [-0.2, -0.15) is 0 Å². The number of esters is 1. The van der Waals surface area contributed by atoms with Gasteiger partial charge in [0.1, 0.15) is 5.69 Å². The van der Waals surface area contributed by atoms with Crippen LogP contribution in [-0.4, -0.2) is 29.0 Å². The van der Waals surface area contributed by atoms with Crippen LogP contribution in [0.2, 0.25) is 0 Å². The molecule has 5 N–H and O–H groups in total. The number of carbonyl (C=O) groups is 1. The highest BCUT2D eigenvalue weighted by molar-refractivity contribution is 5.88. The van der Waals surface area contributed by atoms with Crippen LogP contribution in [0.4, 0.5) is 11.6 Å². The molecule has 0 aliphatic heterocycles. The lowest BCUT2D eigenvalue weighted by Crippen LogP contribution is -2.73. The van der Waals surface area contributed by atoms with Crippen LogP contribution in [0, 0.1) is 6.92 Å². The Hall–Kier alpha value is -3.16. The summed E-state index contributed by atoms with van der Waals surface area (Å²) in [5.74, 6) is -0.162. The Kier molecular flexibility index (Phi) is 5.08. The van der Waals surface area contributed by atoms with Gasteiger partial charge in [-0.1, -0.05) is 17.7 Å². The van der Waals surface area contributed by atoms with E-state index in [4.69, 9.17) is 5.73 Å². The highest BCUT2D eigenvalue weighted by atomic mass is 16.5. The minimum absolute atomic E-state index is 0.0968. The first-order valence-electron chi connectivity index (χ1n) is 6.86. The Balaban J connectivity index is 2.18. The molecule has 1 aromatic carbocycles. The molecule has 23 heavy (non-hydrogen) atoms. The van der Waals surface area contributed by atoms with Crippen molar-refractivity contribution in [1.29, 1.82) is 0 Å². The van der Waals surface area contributed by atoms with Crippen molar-refractivity contribution in [3.63, 3.8) is 0 Å². The molecule has 2 aromatic rings. The molecule has 8 heteroatoms. The van der Waals surface area contributed by atoms with Crippen LogP contribution in [0.15, 0.2) is 35.1 Å². The summed E-state index contributed by atoms with van der Waals surface area (Å²) in [6.45, 7) is 1.98. The Morgan fingerprint density at radius 1 is 1.39 bits per heavy atom. The van der Waals surface area contributed by atoms with Crippen molar-refractivity contribution in [3.05, 3.63) is 51.9 Å². The summed E-state index contributed by atoms with van der Waals surface area (Å²) in [5.41, 5.74) is 7.64. The number of hydrogen-bond acceptors (Lipinski definition) is 4. The van der Waals surface area contributed by atoms with E-state index in [0.717, 1.165) is 11.3 Å². The number of ether oxygens (including phenoxy) is 1. The Morgan fingerprint density at radius 3 is 2.74 bits per heavy atom. The lowest BCUT2D eigenvalue weighted by atomic mass is 10.2. The number of aryl methyl sites for hydroxylation is 1. The Morgan fingerprint density at radius 2 is 2.09 bits per heavy atom. The third-order valence-corrected chi connectivity index (χ3v) is 2.93. The Bertz CT molecular complexity index is 780. The number of H-pyrrole nitrogens is 1. The minimum atomic E-state index is -0.483. The van der Waals surface area contributed by atoms with Gasteiger partial charge in [-0.3, -0.25) is 14.9 Å². The van der Waals surface area contributed by atoms with Crippen molar-refractivity contribution < 1.29 is 14.5 Å². The smallest absolute Gasteiger partial charge is 0.325 e. The predicted octanol–water partition coefficient (Wildman–Crippen LogP) is -1.07. The van der Waals surface area contributed by atoms with Gasteiger partial charge in [0, 0.05) is 6.07 Å². The summed E-state index contributed by atoms with van der Waals surface area (Å²) >= 11 is 0. The van der Waals surface area contributed by atoms with Crippen LogP contribution >= 0.6 is 0 Å². The number of methoxy groups -OCH3 is 1. The van der Waals surface area contributed by atoms with E-state index in [9.17, 15) is 9.59 Å². The molecule has 0 amide bonds. The predicted molar refractivity (Wildman–Crippen MR) is 85.2 cm³/mol. The van der Waals surface area contributed by atoms with Gasteiger partial charge in [-0.25, -0.2) is 9.98 Å². The van der Waals surface area contributed by atoms with Crippen molar-refractivity contribution in [2.45, 2.75) is 13.3 Å². The molecule has 0 bridgehead atoms. The largest absolute Gasteiger partial charge is 0.469 e. The summed E-state index contributed by atoms with van der Waals surface area (Å²) in [5, 5.41) is 2.94. The van der Waals surface area contributed by atoms with Gasteiger partial charge in [0.2, 0.25) is 0 Å². The lowest BCUT2D eigenvalue weighted by Gasteiger charge is -2.02. The lowest BCUT2D eigenvalue weighted by molar-refractivity contribution is -0.365. The van der Waals surface area contributed by atoms with Gasteiger partial charge in [0.25, 0.3) is 11.5 Å². The molecule has 120 valence electrons. The maximum atomic E-state index is 11.6. The van der Waals surface area contributed by atoms with Crippen molar-refractivity contribution in [2.24, 2.45) is 5.73 Å². The van der Waals surface area contributed by atoms with Gasteiger partial charge < -0.3 is 10.5 Å². The number of benzene rings is 1. The van der Waals surface area contributed by atoms with Crippen LogP contribution in [0.25, 0.3) is 0 Å². The Labute approximate surface area is 132 Å². The summed E-state index contributed by atoms with van der Waals surface area (Å²) in [6, 6.07) is 8.84. The second-order valence-corrected chi connectivity index (χ2v) is 4.87. The molecule has 0 atom stereocenters. The van der Waals surface area contributed by atoms with Crippen LogP contribution < -0.4 is 21.6 Å². The summed E-state index contributed by atoms with van der Waals surface area (Å²) in [4.78, 5) is 32.2. The molecule has 0 saturated carbocycles. The van der Waals surface area contributed by atoms with E-state index in [-0.39, 0.29) is 24.0 Å². The minimum Gasteiger partial charge on any atom is -0.469 e. The van der Waals surface area contributed by atoms with E-state index in [1.807, 2.05) is 31.2 Å². The van der Waals surface area contributed by atoms with E-state index < -0.39 is 11.5 Å². The molecular formula is C15H18N5O3+. The highest BCUT2D eigenvalue weighted by Crippen LogP contribution is 2.07. The van der Waals surface area contributed by atoms with Gasteiger partial charge >= 0.3 is 11.9 Å². The molecule has 0 spiro atoms. The van der Waals surface area contributed by atoms with E-state index in [2.05, 4.69) is 25.0 Å². The first kappa shape index (κ1) is 16.2. The monoisotopic (exact) mass is 316 g/mol. The van der Waals surface area contributed by atoms with E-state index >= 15 is 0 Å². The molecule has 0 saturated heterocycles. The summed E-state index contributed by atoms with van der Waals surface area (Å²) in [6.07, 6.45) is -0.0968. The van der Waals surface area contributed by atoms with Gasteiger partial charge in [-0.15, -0.1) is 4.98 Å². The quantitative estimate of drug-likeness (QED) is 0.323. The first-order valence-corrected chi connectivity index (χ1v) is 6.86. The van der Waals surface area contributed by atoms with Crippen LogP contribution in [-0.2, 0) is 16.0 Å². The second kappa shape index (κ2) is 7.21. The van der Waals surface area contributed by atoms with E-state index in [1.54, 1.807) is 0 Å². The topological polar surface area (TPSA) is 124 Å². The molecule has 0 unspecified atom stereocenters. The molecule has 8 nitrogen and oxygen atoms in total. The number of hydrogen-bond donors (Lipinski definition) is 4. The molecule has 0 radical (unpaired) electrons. The number of nitrogens with one attached hydrogen (secondary N) is 3. The van der Waals surface area contributed by atoms with Crippen molar-refractivity contribution in [1.82, 2.24) is 9.97 Å². The maximum absolute atomic E-state index is 11.6. The molecule has 0 fully saturated rings. The molecule has 2 rings (SSSR count). The summed E-state index contributed by atoms with van der Waals surface area (Å²) < 4.78 is 4.55. The average Bonchev–Trinajstić information content (AvgIpc) is 2.48. The zero-order valence-corrected chi connectivity index (χ0v) is 12.8.